The van der Waals surface area contributed by atoms with Gasteiger partial charge in [0.2, 0.25) is 0 Å². The quantitative estimate of drug-likeness (QED) is 0.840. The summed E-state index contributed by atoms with van der Waals surface area (Å²) in [7, 11) is 0. The maximum Gasteiger partial charge on any atom is 0.269 e. The fourth-order valence-electron chi connectivity index (χ4n) is 2.47. The van der Waals surface area contributed by atoms with E-state index in [0.717, 1.165) is 19.3 Å². The Balaban J connectivity index is 1.68. The Kier molecular flexibility index (Phi) is 2.84. The van der Waals surface area contributed by atoms with Crippen LogP contribution >= 0.6 is 0 Å². The number of nitrogens with zero attached hydrogens (tertiary/aromatic N) is 1. The first-order valence-electron chi connectivity index (χ1n) is 6.20. The Labute approximate surface area is 105 Å². The number of hydrogen-bond acceptors (Lipinski definition) is 2. The van der Waals surface area contributed by atoms with Gasteiger partial charge in [0.25, 0.3) is 5.91 Å². The molecule has 4 nitrogen and oxygen atoms in total. The first-order chi connectivity index (χ1) is 8.83. The summed E-state index contributed by atoms with van der Waals surface area (Å²) in [6.07, 6.45) is 4.53. The van der Waals surface area contributed by atoms with Gasteiger partial charge >= 0.3 is 0 Å². The van der Waals surface area contributed by atoms with Gasteiger partial charge in [-0.1, -0.05) is 24.3 Å². The lowest BCUT2D eigenvalue weighted by molar-refractivity contribution is 0.0928. The van der Waals surface area contributed by atoms with Gasteiger partial charge in [0.05, 0.1) is 0 Å². The lowest BCUT2D eigenvalue weighted by Crippen LogP contribution is -2.39. The Bertz CT molecular complexity index is 548. The molecule has 92 valence electrons. The molecule has 1 atom stereocenters. The van der Waals surface area contributed by atoms with E-state index in [1.165, 1.54) is 11.1 Å². The van der Waals surface area contributed by atoms with Crippen molar-refractivity contribution in [1.82, 2.24) is 15.5 Å². The molecule has 1 aromatic heterocycles. The van der Waals surface area contributed by atoms with Gasteiger partial charge in [-0.25, -0.2) is 0 Å². The summed E-state index contributed by atoms with van der Waals surface area (Å²) in [5.41, 5.74) is 3.28. The first-order valence-corrected chi connectivity index (χ1v) is 6.20. The van der Waals surface area contributed by atoms with E-state index < -0.39 is 0 Å². The van der Waals surface area contributed by atoms with Crippen molar-refractivity contribution in [3.05, 3.63) is 53.3 Å². The first kappa shape index (κ1) is 11.0. The second kappa shape index (κ2) is 4.64. The largest absolute Gasteiger partial charge is 0.348 e. The minimum Gasteiger partial charge on any atom is -0.348 e. The zero-order valence-corrected chi connectivity index (χ0v) is 10.0. The summed E-state index contributed by atoms with van der Waals surface area (Å²) in [4.78, 5) is 11.9. The number of rotatable bonds is 2. The summed E-state index contributed by atoms with van der Waals surface area (Å²) >= 11 is 0. The van der Waals surface area contributed by atoms with Crippen LogP contribution in [0.2, 0.25) is 0 Å². The zero-order chi connectivity index (χ0) is 12.4. The molecule has 0 radical (unpaired) electrons. The number of carbonyl (C=O) groups excluding carboxylic acids is 1. The van der Waals surface area contributed by atoms with Crippen molar-refractivity contribution in [2.45, 2.75) is 25.3 Å². The molecule has 2 aromatic rings. The Hall–Kier alpha value is -2.10. The van der Waals surface area contributed by atoms with Crippen molar-refractivity contribution in [2.75, 3.05) is 0 Å². The number of nitrogens with one attached hydrogen (secondary N) is 2. The van der Waals surface area contributed by atoms with E-state index >= 15 is 0 Å². The maximum absolute atomic E-state index is 11.9. The van der Waals surface area contributed by atoms with Gasteiger partial charge in [-0.05, 0) is 36.5 Å². The number of aromatic nitrogens is 2. The van der Waals surface area contributed by atoms with Crippen LogP contribution in [0, 0.1) is 0 Å². The molecule has 0 spiro atoms. The topological polar surface area (TPSA) is 57.8 Å². The molecular weight excluding hydrogens is 226 g/mol. The van der Waals surface area contributed by atoms with E-state index in [1.54, 1.807) is 12.3 Å². The molecule has 4 heteroatoms. The third-order valence-corrected chi connectivity index (χ3v) is 3.43. The van der Waals surface area contributed by atoms with Crippen molar-refractivity contribution >= 4 is 5.91 Å². The highest BCUT2D eigenvalue weighted by Crippen LogP contribution is 2.21. The summed E-state index contributed by atoms with van der Waals surface area (Å²) in [5, 5.41) is 9.52. The number of hydrogen-bond donors (Lipinski definition) is 2. The molecule has 18 heavy (non-hydrogen) atoms. The number of aryl methyl sites for hydroxylation is 1. The van der Waals surface area contributed by atoms with Crippen LogP contribution in [0.1, 0.15) is 28.0 Å². The van der Waals surface area contributed by atoms with Crippen molar-refractivity contribution in [2.24, 2.45) is 0 Å². The Morgan fingerprint density at radius 2 is 2.11 bits per heavy atom. The monoisotopic (exact) mass is 241 g/mol. The molecule has 1 heterocycles. The van der Waals surface area contributed by atoms with E-state index in [4.69, 9.17) is 0 Å². The highest BCUT2D eigenvalue weighted by molar-refractivity contribution is 5.92. The molecule has 0 bridgehead atoms. The SMILES string of the molecule is O=C(N[C@H]1CCc2ccccc2C1)c1ccn[nH]1. The van der Waals surface area contributed by atoms with E-state index in [1.807, 2.05) is 0 Å². The summed E-state index contributed by atoms with van der Waals surface area (Å²) in [6, 6.07) is 10.3. The third kappa shape index (κ3) is 2.14. The molecule has 1 aromatic carbocycles. The van der Waals surface area contributed by atoms with Gasteiger partial charge in [0.15, 0.2) is 0 Å². The van der Waals surface area contributed by atoms with Gasteiger partial charge in [-0.2, -0.15) is 5.10 Å². The minimum absolute atomic E-state index is 0.0723. The van der Waals surface area contributed by atoms with E-state index in [2.05, 4.69) is 39.8 Å². The number of amides is 1. The van der Waals surface area contributed by atoms with Crippen molar-refractivity contribution < 1.29 is 4.79 Å². The molecule has 0 unspecified atom stereocenters. The van der Waals surface area contributed by atoms with Gasteiger partial charge in [-0.15, -0.1) is 0 Å². The summed E-state index contributed by atoms with van der Waals surface area (Å²) < 4.78 is 0. The zero-order valence-electron chi connectivity index (χ0n) is 10.0. The van der Waals surface area contributed by atoms with Crippen LogP contribution < -0.4 is 5.32 Å². The number of fused-ring (bicyclic) bond motifs is 1. The molecule has 0 saturated heterocycles. The average Bonchev–Trinajstić information content (AvgIpc) is 2.92. The predicted octanol–water partition coefficient (Wildman–Crippen LogP) is 1.70. The molecule has 0 saturated carbocycles. The van der Waals surface area contributed by atoms with Crippen LogP contribution in [0.3, 0.4) is 0 Å². The number of H-pyrrole nitrogens is 1. The number of carbonyl (C=O) groups is 1. The Morgan fingerprint density at radius 3 is 2.89 bits per heavy atom. The molecule has 2 N–H and O–H groups in total. The molecule has 0 aliphatic heterocycles. The van der Waals surface area contributed by atoms with Crippen LogP contribution in [0.5, 0.6) is 0 Å². The molecule has 1 aliphatic carbocycles. The van der Waals surface area contributed by atoms with Gasteiger partial charge in [-0.3, -0.25) is 9.89 Å². The van der Waals surface area contributed by atoms with Crippen molar-refractivity contribution in [3.63, 3.8) is 0 Å². The molecule has 3 rings (SSSR count). The minimum atomic E-state index is -0.0723. The highest BCUT2D eigenvalue weighted by atomic mass is 16.2. The van der Waals surface area contributed by atoms with Crippen LogP contribution in [0.15, 0.2) is 36.5 Å². The van der Waals surface area contributed by atoms with Gasteiger partial charge < -0.3 is 5.32 Å². The second-order valence-corrected chi connectivity index (χ2v) is 4.65. The Morgan fingerprint density at radius 1 is 1.28 bits per heavy atom. The normalized spacial score (nSPS) is 18.1. The molecule has 1 aliphatic rings. The van der Waals surface area contributed by atoms with Crippen molar-refractivity contribution in [1.29, 1.82) is 0 Å². The van der Waals surface area contributed by atoms with Crippen LogP contribution in [0.4, 0.5) is 0 Å². The fraction of sp³-hybridized carbons (Fsp3) is 0.286. The fourth-order valence-corrected chi connectivity index (χ4v) is 2.47. The van der Waals surface area contributed by atoms with Gasteiger partial charge in [0, 0.05) is 12.2 Å². The number of benzene rings is 1. The van der Waals surface area contributed by atoms with E-state index in [-0.39, 0.29) is 11.9 Å². The van der Waals surface area contributed by atoms with E-state index in [0.29, 0.717) is 5.69 Å². The smallest absolute Gasteiger partial charge is 0.269 e. The standard InChI is InChI=1S/C14H15N3O/c18-14(13-7-8-15-17-13)16-12-6-5-10-3-1-2-4-11(10)9-12/h1-4,7-8,12H,5-6,9H2,(H,15,17)(H,16,18)/t12-/m0/s1. The molecular formula is C14H15N3O. The van der Waals surface area contributed by atoms with Crippen LogP contribution in [-0.2, 0) is 12.8 Å². The van der Waals surface area contributed by atoms with E-state index in [9.17, 15) is 4.79 Å². The summed E-state index contributed by atoms with van der Waals surface area (Å²) in [5.74, 6) is -0.0723. The lowest BCUT2D eigenvalue weighted by Gasteiger charge is -2.25. The van der Waals surface area contributed by atoms with Crippen molar-refractivity contribution in [3.8, 4) is 0 Å². The lowest BCUT2D eigenvalue weighted by atomic mass is 9.88. The highest BCUT2D eigenvalue weighted by Gasteiger charge is 2.20. The van der Waals surface area contributed by atoms with Crippen LogP contribution in [-0.4, -0.2) is 22.1 Å². The summed E-state index contributed by atoms with van der Waals surface area (Å²) in [6.45, 7) is 0. The molecule has 0 fully saturated rings. The predicted molar refractivity (Wildman–Crippen MR) is 68.3 cm³/mol. The molecule has 1 amide bonds. The third-order valence-electron chi connectivity index (χ3n) is 3.43. The second-order valence-electron chi connectivity index (χ2n) is 4.65. The van der Waals surface area contributed by atoms with Gasteiger partial charge in [0.1, 0.15) is 5.69 Å². The maximum atomic E-state index is 11.9. The average molecular weight is 241 g/mol. The van der Waals surface area contributed by atoms with Crippen LogP contribution in [0.25, 0.3) is 0 Å². The number of aromatic amines is 1.